The Labute approximate surface area is 132 Å². The third-order valence-corrected chi connectivity index (χ3v) is 3.75. The molecular formula is C17H25N3O2. The van der Waals surface area contributed by atoms with Crippen LogP contribution in [-0.2, 0) is 0 Å². The summed E-state index contributed by atoms with van der Waals surface area (Å²) in [7, 11) is 0. The van der Waals surface area contributed by atoms with Crippen molar-refractivity contribution in [1.29, 1.82) is 0 Å². The Hall–Kier alpha value is -2.04. The molecule has 5 nitrogen and oxygen atoms in total. The minimum absolute atomic E-state index is 0.0418. The molecule has 1 aromatic rings. The van der Waals surface area contributed by atoms with E-state index in [2.05, 4.69) is 5.32 Å². The van der Waals surface area contributed by atoms with E-state index < -0.39 is 0 Å². The molecule has 1 aromatic carbocycles. The molecule has 3 amide bonds. The van der Waals surface area contributed by atoms with Gasteiger partial charge in [-0.05, 0) is 39.3 Å². The third kappa shape index (κ3) is 4.23. The highest BCUT2D eigenvalue weighted by molar-refractivity contribution is 5.94. The summed E-state index contributed by atoms with van der Waals surface area (Å²) in [6.07, 6.45) is 0.809. The lowest BCUT2D eigenvalue weighted by Gasteiger charge is -2.23. The van der Waals surface area contributed by atoms with Crippen molar-refractivity contribution in [1.82, 2.24) is 15.1 Å². The molecule has 0 aliphatic carbocycles. The average Bonchev–Trinajstić information content (AvgIpc) is 2.71. The summed E-state index contributed by atoms with van der Waals surface area (Å²) in [5.74, 6) is 0.0508. The molecule has 1 heterocycles. The van der Waals surface area contributed by atoms with Gasteiger partial charge in [-0.15, -0.1) is 0 Å². The van der Waals surface area contributed by atoms with Gasteiger partial charge >= 0.3 is 6.03 Å². The van der Waals surface area contributed by atoms with E-state index in [-0.39, 0.29) is 18.0 Å². The zero-order valence-corrected chi connectivity index (χ0v) is 13.6. The lowest BCUT2D eigenvalue weighted by atomic mass is 10.1. The number of nitrogens with zero attached hydrogens (tertiary/aromatic N) is 2. The summed E-state index contributed by atoms with van der Waals surface area (Å²) < 4.78 is 0. The van der Waals surface area contributed by atoms with Crippen LogP contribution in [0.2, 0.25) is 0 Å². The van der Waals surface area contributed by atoms with Crippen molar-refractivity contribution < 1.29 is 9.59 Å². The summed E-state index contributed by atoms with van der Waals surface area (Å²) in [5.41, 5.74) is 1.80. The van der Waals surface area contributed by atoms with E-state index in [0.717, 1.165) is 17.5 Å². The predicted molar refractivity (Wildman–Crippen MR) is 86.9 cm³/mol. The van der Waals surface area contributed by atoms with E-state index in [4.69, 9.17) is 0 Å². The largest absolute Gasteiger partial charge is 0.337 e. The number of hydrogen-bond donors (Lipinski definition) is 1. The van der Waals surface area contributed by atoms with Gasteiger partial charge in [0.05, 0.1) is 0 Å². The van der Waals surface area contributed by atoms with E-state index >= 15 is 0 Å². The second-order valence-electron chi connectivity index (χ2n) is 6.11. The standard InChI is InChI=1S/C17H25N3O2/c1-13(2)18-17(22)20-9-5-8-19(10-11-20)16(21)15-7-4-6-14(3)12-15/h4,6-7,12-13H,5,8-11H2,1-3H3,(H,18,22). The van der Waals surface area contributed by atoms with E-state index in [1.165, 1.54) is 0 Å². The summed E-state index contributed by atoms with van der Waals surface area (Å²) in [6.45, 7) is 8.42. The van der Waals surface area contributed by atoms with Crippen molar-refractivity contribution in [2.45, 2.75) is 33.2 Å². The van der Waals surface area contributed by atoms with Crippen molar-refractivity contribution in [3.05, 3.63) is 35.4 Å². The zero-order chi connectivity index (χ0) is 16.1. The highest BCUT2D eigenvalue weighted by Gasteiger charge is 2.23. The molecule has 0 bridgehead atoms. The Morgan fingerprint density at radius 3 is 2.45 bits per heavy atom. The minimum atomic E-state index is -0.0418. The van der Waals surface area contributed by atoms with Gasteiger partial charge in [-0.2, -0.15) is 0 Å². The van der Waals surface area contributed by atoms with Crippen LogP contribution in [0, 0.1) is 6.92 Å². The highest BCUT2D eigenvalue weighted by Crippen LogP contribution is 2.11. The van der Waals surface area contributed by atoms with Gasteiger partial charge in [-0.1, -0.05) is 17.7 Å². The molecule has 22 heavy (non-hydrogen) atoms. The van der Waals surface area contributed by atoms with Gasteiger partial charge in [0, 0.05) is 37.8 Å². The first-order valence-electron chi connectivity index (χ1n) is 7.89. The molecule has 0 saturated carbocycles. The number of hydrogen-bond acceptors (Lipinski definition) is 2. The van der Waals surface area contributed by atoms with E-state index in [0.29, 0.717) is 26.2 Å². The van der Waals surface area contributed by atoms with Gasteiger partial charge in [-0.25, -0.2) is 4.79 Å². The predicted octanol–water partition coefficient (Wildman–Crippen LogP) is 2.26. The lowest BCUT2D eigenvalue weighted by molar-refractivity contribution is 0.0762. The molecule has 0 atom stereocenters. The Morgan fingerprint density at radius 1 is 1.09 bits per heavy atom. The Bertz CT molecular complexity index is 542. The molecule has 1 N–H and O–H groups in total. The molecule has 0 aromatic heterocycles. The number of benzene rings is 1. The Morgan fingerprint density at radius 2 is 1.77 bits per heavy atom. The minimum Gasteiger partial charge on any atom is -0.337 e. The maximum Gasteiger partial charge on any atom is 0.317 e. The van der Waals surface area contributed by atoms with Crippen LogP contribution in [0.5, 0.6) is 0 Å². The van der Waals surface area contributed by atoms with Crippen molar-refractivity contribution in [3.8, 4) is 0 Å². The molecule has 0 spiro atoms. The van der Waals surface area contributed by atoms with Gasteiger partial charge in [0.2, 0.25) is 0 Å². The fraction of sp³-hybridized carbons (Fsp3) is 0.529. The fourth-order valence-corrected chi connectivity index (χ4v) is 2.62. The first-order valence-corrected chi connectivity index (χ1v) is 7.89. The smallest absolute Gasteiger partial charge is 0.317 e. The molecule has 1 aliphatic heterocycles. The maximum atomic E-state index is 12.6. The van der Waals surface area contributed by atoms with E-state index in [1.54, 1.807) is 4.90 Å². The van der Waals surface area contributed by atoms with Crippen LogP contribution in [0.4, 0.5) is 4.79 Å². The SMILES string of the molecule is Cc1cccc(C(=O)N2CCCN(C(=O)NC(C)C)CC2)c1. The fourth-order valence-electron chi connectivity index (χ4n) is 2.62. The summed E-state index contributed by atoms with van der Waals surface area (Å²) in [6, 6.07) is 7.74. The normalized spacial score (nSPS) is 15.6. The topological polar surface area (TPSA) is 52.7 Å². The molecular weight excluding hydrogens is 278 g/mol. The Kier molecular flexibility index (Phi) is 5.41. The van der Waals surface area contributed by atoms with E-state index in [9.17, 15) is 9.59 Å². The van der Waals surface area contributed by atoms with Gasteiger partial charge in [0.25, 0.3) is 5.91 Å². The lowest BCUT2D eigenvalue weighted by Crippen LogP contribution is -2.44. The number of amides is 3. The van der Waals surface area contributed by atoms with Gasteiger partial charge < -0.3 is 15.1 Å². The van der Waals surface area contributed by atoms with Gasteiger partial charge in [-0.3, -0.25) is 4.79 Å². The summed E-state index contributed by atoms with van der Waals surface area (Å²) in [4.78, 5) is 28.3. The number of nitrogens with one attached hydrogen (secondary N) is 1. The summed E-state index contributed by atoms with van der Waals surface area (Å²) >= 11 is 0. The van der Waals surface area contributed by atoms with Crippen LogP contribution in [-0.4, -0.2) is 54.0 Å². The zero-order valence-electron chi connectivity index (χ0n) is 13.6. The summed E-state index contributed by atoms with van der Waals surface area (Å²) in [5, 5.41) is 2.91. The number of aryl methyl sites for hydroxylation is 1. The second kappa shape index (κ2) is 7.29. The molecule has 0 radical (unpaired) electrons. The first-order chi connectivity index (χ1) is 10.5. The maximum absolute atomic E-state index is 12.6. The molecule has 1 saturated heterocycles. The molecule has 2 rings (SSSR count). The monoisotopic (exact) mass is 303 g/mol. The molecule has 1 fully saturated rings. The van der Waals surface area contributed by atoms with Gasteiger partial charge in [0.15, 0.2) is 0 Å². The number of carbonyl (C=O) groups is 2. The molecule has 5 heteroatoms. The quantitative estimate of drug-likeness (QED) is 0.911. The first kappa shape index (κ1) is 16.3. The third-order valence-electron chi connectivity index (χ3n) is 3.75. The van der Waals surface area contributed by atoms with Crippen molar-refractivity contribution >= 4 is 11.9 Å². The van der Waals surface area contributed by atoms with Gasteiger partial charge in [0.1, 0.15) is 0 Å². The molecule has 0 unspecified atom stereocenters. The molecule has 120 valence electrons. The van der Waals surface area contributed by atoms with Crippen LogP contribution in [0.1, 0.15) is 36.2 Å². The van der Waals surface area contributed by atoms with Crippen molar-refractivity contribution in [2.75, 3.05) is 26.2 Å². The van der Waals surface area contributed by atoms with Crippen LogP contribution in [0.3, 0.4) is 0 Å². The number of carbonyl (C=O) groups excluding carboxylic acids is 2. The van der Waals surface area contributed by atoms with Crippen molar-refractivity contribution in [2.24, 2.45) is 0 Å². The van der Waals surface area contributed by atoms with Crippen LogP contribution in [0.15, 0.2) is 24.3 Å². The van der Waals surface area contributed by atoms with Crippen LogP contribution < -0.4 is 5.32 Å². The van der Waals surface area contributed by atoms with Crippen LogP contribution in [0.25, 0.3) is 0 Å². The average molecular weight is 303 g/mol. The number of urea groups is 1. The Balaban J connectivity index is 1.98. The van der Waals surface area contributed by atoms with E-state index in [1.807, 2.05) is 49.9 Å². The van der Waals surface area contributed by atoms with Crippen molar-refractivity contribution in [3.63, 3.8) is 0 Å². The number of rotatable bonds is 2. The van der Waals surface area contributed by atoms with Crippen LogP contribution >= 0.6 is 0 Å². The molecule has 1 aliphatic rings. The second-order valence-corrected chi connectivity index (χ2v) is 6.11. The highest BCUT2D eigenvalue weighted by atomic mass is 16.2.